The van der Waals surface area contributed by atoms with Gasteiger partial charge in [-0.1, -0.05) is 31.4 Å². The summed E-state index contributed by atoms with van der Waals surface area (Å²) in [5.74, 6) is 0.916. The van der Waals surface area contributed by atoms with Gasteiger partial charge >= 0.3 is 7.12 Å². The monoisotopic (exact) mass is 492 g/mol. The number of nitrogens with zero attached hydrogens (tertiary/aromatic N) is 2. The summed E-state index contributed by atoms with van der Waals surface area (Å²) in [6.45, 7) is 21.7. The van der Waals surface area contributed by atoms with Crippen LogP contribution in [0.25, 0.3) is 0 Å². The second-order valence-corrected chi connectivity index (χ2v) is 9.67. The molecule has 150 valence electrons. The number of hydrogen-bond acceptors (Lipinski definition) is 4. The molecule has 2 aliphatic heterocycles. The molecule has 3 aliphatic rings. The van der Waals surface area contributed by atoms with Crippen LogP contribution in [0.1, 0.15) is 48.0 Å². The third kappa shape index (κ3) is 4.19. The zero-order chi connectivity index (χ0) is 20.9. The van der Waals surface area contributed by atoms with Crippen LogP contribution in [0, 0.1) is 0 Å². The second kappa shape index (κ2) is 7.54. The van der Waals surface area contributed by atoms with Gasteiger partial charge in [0.1, 0.15) is 5.82 Å². The van der Waals surface area contributed by atoms with Crippen LogP contribution in [0.2, 0.25) is 0 Å². The molecule has 0 aromatic rings. The summed E-state index contributed by atoms with van der Waals surface area (Å²) in [4.78, 5) is 2.17. The first kappa shape index (κ1) is 21.5. The second-order valence-electron chi connectivity index (χ2n) is 8.71. The summed E-state index contributed by atoms with van der Waals surface area (Å²) in [6.07, 6.45) is 9.70. The van der Waals surface area contributed by atoms with Crippen LogP contribution in [0.5, 0.6) is 0 Å². The van der Waals surface area contributed by atoms with Gasteiger partial charge in [-0.15, -0.1) is 0 Å². The first-order valence-electron chi connectivity index (χ1n) is 9.64. The Morgan fingerprint density at radius 1 is 1.14 bits per heavy atom. The molecule has 1 aliphatic carbocycles. The highest BCUT2D eigenvalue weighted by atomic mass is 127. The van der Waals surface area contributed by atoms with E-state index in [-0.39, 0.29) is 18.3 Å². The van der Waals surface area contributed by atoms with Gasteiger partial charge < -0.3 is 14.2 Å². The summed E-state index contributed by atoms with van der Waals surface area (Å²) in [7, 11) is -0.326. The van der Waals surface area contributed by atoms with Gasteiger partial charge in [-0.3, -0.25) is 3.11 Å². The third-order valence-electron chi connectivity index (χ3n) is 5.99. The van der Waals surface area contributed by atoms with E-state index >= 15 is 0 Å². The van der Waals surface area contributed by atoms with E-state index in [1.165, 1.54) is 11.1 Å². The number of hydrogen-bond donors (Lipinski definition) is 0. The van der Waals surface area contributed by atoms with E-state index in [1.807, 2.05) is 10.0 Å². The standard InChI is InChI=1S/C22H30BIN2O2/c1-15(9-10-16(2)23-27-21(5,6)22(7,8)28-23)17(3)26(24)18(4)25-12-11-19-13-20(19)14-25/h9-11,14H,3-4,12-13H2,1-2,5-8H3/b15-9-,16-10+. The van der Waals surface area contributed by atoms with Crippen molar-refractivity contribution >= 4 is 30.0 Å². The summed E-state index contributed by atoms with van der Waals surface area (Å²) < 4.78 is 14.2. The summed E-state index contributed by atoms with van der Waals surface area (Å²) in [5, 5.41) is 0. The van der Waals surface area contributed by atoms with Gasteiger partial charge in [0.2, 0.25) is 0 Å². The molecule has 1 saturated heterocycles. The van der Waals surface area contributed by atoms with Crippen molar-refractivity contribution in [2.45, 2.75) is 59.2 Å². The molecule has 0 aromatic carbocycles. The van der Waals surface area contributed by atoms with Crippen LogP contribution in [-0.4, -0.2) is 32.9 Å². The van der Waals surface area contributed by atoms with Crippen molar-refractivity contribution in [1.29, 1.82) is 0 Å². The molecule has 1 saturated carbocycles. The van der Waals surface area contributed by atoms with Crippen molar-refractivity contribution < 1.29 is 9.31 Å². The molecule has 0 amide bonds. The van der Waals surface area contributed by atoms with Crippen molar-refractivity contribution in [1.82, 2.24) is 8.01 Å². The lowest BCUT2D eigenvalue weighted by Gasteiger charge is -2.32. The van der Waals surface area contributed by atoms with Gasteiger partial charge in [0, 0.05) is 18.4 Å². The van der Waals surface area contributed by atoms with Gasteiger partial charge in [-0.05, 0) is 70.2 Å². The lowest BCUT2D eigenvalue weighted by molar-refractivity contribution is 0.00578. The van der Waals surface area contributed by atoms with Crippen molar-refractivity contribution in [2.24, 2.45) is 0 Å². The molecule has 0 N–H and O–H groups in total. The smallest absolute Gasteiger partial charge is 0.400 e. The Morgan fingerprint density at radius 3 is 2.32 bits per heavy atom. The van der Waals surface area contributed by atoms with E-state index in [4.69, 9.17) is 9.31 Å². The number of halogens is 1. The molecular formula is C22H30BIN2O2. The van der Waals surface area contributed by atoms with E-state index in [0.717, 1.165) is 35.5 Å². The highest BCUT2D eigenvalue weighted by molar-refractivity contribution is 14.1. The van der Waals surface area contributed by atoms with Gasteiger partial charge in [0.05, 0.1) is 34.1 Å². The Labute approximate surface area is 184 Å². The Balaban J connectivity index is 1.64. The highest BCUT2D eigenvalue weighted by Crippen LogP contribution is 2.41. The average molecular weight is 492 g/mol. The molecule has 0 aromatic heterocycles. The normalized spacial score (nSPS) is 23.1. The molecule has 0 bridgehead atoms. The zero-order valence-corrected chi connectivity index (χ0v) is 20.0. The molecular weight excluding hydrogens is 462 g/mol. The minimum Gasteiger partial charge on any atom is -0.400 e. The topological polar surface area (TPSA) is 24.9 Å². The van der Waals surface area contributed by atoms with Gasteiger partial charge in [-0.25, -0.2) is 0 Å². The molecule has 28 heavy (non-hydrogen) atoms. The molecule has 2 heterocycles. The Bertz CT molecular complexity index is 819. The van der Waals surface area contributed by atoms with Crippen LogP contribution in [-0.2, 0) is 9.31 Å². The van der Waals surface area contributed by atoms with Crippen molar-refractivity contribution in [3.05, 3.63) is 71.3 Å². The fraction of sp³-hybridized carbons (Fsp3) is 0.455. The third-order valence-corrected chi connectivity index (χ3v) is 7.13. The average Bonchev–Trinajstić information content (AvgIpc) is 3.37. The fourth-order valence-electron chi connectivity index (χ4n) is 3.01. The van der Waals surface area contributed by atoms with Crippen LogP contribution < -0.4 is 0 Å². The van der Waals surface area contributed by atoms with Gasteiger partial charge in [0.15, 0.2) is 0 Å². The minimum atomic E-state index is -0.329. The fourth-order valence-corrected chi connectivity index (χ4v) is 3.66. The molecule has 0 radical (unpaired) electrons. The first-order chi connectivity index (χ1) is 12.9. The van der Waals surface area contributed by atoms with Crippen molar-refractivity contribution in [2.75, 3.05) is 6.54 Å². The summed E-state index contributed by atoms with van der Waals surface area (Å²) >= 11 is 2.27. The Hall–Kier alpha value is -1.25. The maximum Gasteiger partial charge on any atom is 0.490 e. The van der Waals surface area contributed by atoms with Gasteiger partial charge in [-0.2, -0.15) is 0 Å². The molecule has 2 fully saturated rings. The largest absolute Gasteiger partial charge is 0.490 e. The number of allylic oxidation sites excluding steroid dienone is 6. The van der Waals surface area contributed by atoms with Crippen molar-refractivity contribution in [3.63, 3.8) is 0 Å². The Kier molecular flexibility index (Phi) is 5.78. The highest BCUT2D eigenvalue weighted by Gasteiger charge is 2.51. The van der Waals surface area contributed by atoms with E-state index in [9.17, 15) is 0 Å². The van der Waals surface area contributed by atoms with E-state index < -0.39 is 0 Å². The molecule has 0 unspecified atom stereocenters. The van der Waals surface area contributed by atoms with E-state index in [1.54, 1.807) is 0 Å². The SMILES string of the molecule is C=C(/C(C)=C\C=C(/C)B1OC(C)(C)C(C)(C)O1)N(I)C(=C)N1C=C2CC2=CC1. The van der Waals surface area contributed by atoms with Crippen LogP contribution in [0.15, 0.2) is 71.3 Å². The van der Waals surface area contributed by atoms with E-state index in [2.05, 4.69) is 100.0 Å². The lowest BCUT2D eigenvalue weighted by Crippen LogP contribution is -2.41. The zero-order valence-electron chi connectivity index (χ0n) is 17.8. The lowest BCUT2D eigenvalue weighted by atomic mass is 9.79. The first-order valence-corrected chi connectivity index (χ1v) is 10.6. The summed E-state index contributed by atoms with van der Waals surface area (Å²) in [5.41, 5.74) is 5.25. The molecule has 4 nitrogen and oxygen atoms in total. The maximum absolute atomic E-state index is 6.11. The predicted molar refractivity (Wildman–Crippen MR) is 125 cm³/mol. The van der Waals surface area contributed by atoms with Gasteiger partial charge in [0.25, 0.3) is 0 Å². The molecule has 6 heteroatoms. The maximum atomic E-state index is 6.11. The quantitative estimate of drug-likeness (QED) is 0.206. The number of rotatable bonds is 6. The van der Waals surface area contributed by atoms with Crippen LogP contribution in [0.4, 0.5) is 0 Å². The summed E-state index contributed by atoms with van der Waals surface area (Å²) in [6, 6.07) is 0. The van der Waals surface area contributed by atoms with Crippen molar-refractivity contribution in [3.8, 4) is 0 Å². The minimum absolute atomic E-state index is 0.326. The van der Waals surface area contributed by atoms with Crippen LogP contribution in [0.3, 0.4) is 0 Å². The number of fused-ring (bicyclic) bond motifs is 1. The van der Waals surface area contributed by atoms with Crippen LogP contribution >= 0.6 is 22.9 Å². The van der Waals surface area contributed by atoms with E-state index in [0.29, 0.717) is 0 Å². The molecule has 0 spiro atoms. The molecule has 3 rings (SSSR count). The molecule has 0 atom stereocenters. The predicted octanol–water partition coefficient (Wildman–Crippen LogP) is 5.68. The Morgan fingerprint density at radius 2 is 1.75 bits per heavy atom.